The molecule has 0 aliphatic carbocycles. The molecule has 1 saturated heterocycles. The van der Waals surface area contributed by atoms with E-state index in [0.29, 0.717) is 19.5 Å². The average Bonchev–Trinajstić information content (AvgIpc) is 2.57. The minimum Gasteiger partial charge on any atom is -0.480 e. The topological polar surface area (TPSA) is 70.0 Å². The number of hydrogen-bond donors (Lipinski definition) is 2. The molecule has 2 N–H and O–H groups in total. The van der Waals surface area contributed by atoms with E-state index in [9.17, 15) is 9.90 Å². The summed E-state index contributed by atoms with van der Waals surface area (Å²) in [7, 11) is 1.65. The van der Waals surface area contributed by atoms with E-state index in [2.05, 4.69) is 0 Å². The summed E-state index contributed by atoms with van der Waals surface area (Å²) in [6.45, 7) is 5.01. The van der Waals surface area contributed by atoms with Crippen LogP contribution in [0.15, 0.2) is 0 Å². The summed E-state index contributed by atoms with van der Waals surface area (Å²) in [5.41, 5.74) is -0.253. The summed E-state index contributed by atoms with van der Waals surface area (Å²) >= 11 is 0. The number of methoxy groups -OCH3 is 1. The number of carbonyl (C=O) groups is 1. The van der Waals surface area contributed by atoms with Crippen LogP contribution in [0.2, 0.25) is 0 Å². The Bertz CT molecular complexity index is 254. The Morgan fingerprint density at radius 1 is 1.56 bits per heavy atom. The lowest BCUT2D eigenvalue weighted by Gasteiger charge is -2.27. The first-order chi connectivity index (χ1) is 7.35. The lowest BCUT2D eigenvalue weighted by Crippen LogP contribution is -2.39. The average molecular weight is 231 g/mol. The molecule has 0 radical (unpaired) electrons. The zero-order chi connectivity index (χ0) is 12.3. The van der Waals surface area contributed by atoms with Crippen LogP contribution in [0.4, 0.5) is 0 Å². The summed E-state index contributed by atoms with van der Waals surface area (Å²) in [4.78, 5) is 12.8. The molecule has 1 heterocycles. The first-order valence-electron chi connectivity index (χ1n) is 5.56. The highest BCUT2D eigenvalue weighted by Gasteiger charge is 2.36. The van der Waals surface area contributed by atoms with Gasteiger partial charge >= 0.3 is 5.97 Å². The third kappa shape index (κ3) is 3.43. The van der Waals surface area contributed by atoms with Crippen LogP contribution >= 0.6 is 0 Å². The molecule has 0 bridgehead atoms. The number of likely N-dealkylation sites (tertiary alicyclic amines) is 1. The molecule has 94 valence electrons. The molecule has 0 aromatic carbocycles. The van der Waals surface area contributed by atoms with Gasteiger partial charge in [-0.2, -0.15) is 0 Å². The van der Waals surface area contributed by atoms with E-state index < -0.39 is 18.1 Å². The first-order valence-corrected chi connectivity index (χ1v) is 5.56. The second-order valence-corrected chi connectivity index (χ2v) is 4.95. The zero-order valence-corrected chi connectivity index (χ0v) is 10.1. The number of hydrogen-bond acceptors (Lipinski definition) is 4. The lowest BCUT2D eigenvalue weighted by molar-refractivity contribution is -0.142. The largest absolute Gasteiger partial charge is 0.480 e. The fourth-order valence-electron chi connectivity index (χ4n) is 1.90. The Kier molecular flexibility index (Phi) is 4.29. The maximum absolute atomic E-state index is 11.0. The van der Waals surface area contributed by atoms with Crippen molar-refractivity contribution in [3.8, 4) is 0 Å². The molecule has 5 nitrogen and oxygen atoms in total. The minimum absolute atomic E-state index is 0.253. The summed E-state index contributed by atoms with van der Waals surface area (Å²) in [6, 6.07) is -0.553. The second kappa shape index (κ2) is 5.12. The SMILES string of the molecule is COC(C)(C)CCN1CC(O)CC1C(=O)O. The molecule has 0 saturated carbocycles. The highest BCUT2D eigenvalue weighted by Crippen LogP contribution is 2.21. The third-order valence-electron chi connectivity index (χ3n) is 3.22. The highest BCUT2D eigenvalue weighted by molar-refractivity contribution is 5.74. The van der Waals surface area contributed by atoms with Crippen molar-refractivity contribution < 1.29 is 19.7 Å². The van der Waals surface area contributed by atoms with Crippen LogP contribution < -0.4 is 0 Å². The van der Waals surface area contributed by atoms with E-state index in [0.717, 1.165) is 6.42 Å². The molecular formula is C11H21NO4. The van der Waals surface area contributed by atoms with E-state index in [1.165, 1.54) is 0 Å². The zero-order valence-electron chi connectivity index (χ0n) is 10.1. The number of rotatable bonds is 5. The van der Waals surface area contributed by atoms with E-state index in [1.54, 1.807) is 7.11 Å². The molecule has 0 aromatic rings. The molecule has 0 spiro atoms. The Morgan fingerprint density at radius 2 is 2.19 bits per heavy atom. The van der Waals surface area contributed by atoms with Crippen molar-refractivity contribution in [2.24, 2.45) is 0 Å². The van der Waals surface area contributed by atoms with Gasteiger partial charge in [0.2, 0.25) is 0 Å². The number of aliphatic hydroxyl groups is 1. The number of β-amino-alcohol motifs (C(OH)–C–C–N with tert-alkyl or cyclic N) is 1. The maximum Gasteiger partial charge on any atom is 0.321 e. The fourth-order valence-corrected chi connectivity index (χ4v) is 1.90. The molecule has 1 aliphatic heterocycles. The van der Waals surface area contributed by atoms with Crippen LogP contribution in [0, 0.1) is 0 Å². The molecule has 16 heavy (non-hydrogen) atoms. The molecule has 0 aromatic heterocycles. The number of aliphatic hydroxyl groups excluding tert-OH is 1. The van der Waals surface area contributed by atoms with Crippen molar-refractivity contribution in [2.75, 3.05) is 20.2 Å². The Hall–Kier alpha value is -0.650. The van der Waals surface area contributed by atoms with Crippen molar-refractivity contribution in [1.29, 1.82) is 0 Å². The van der Waals surface area contributed by atoms with Crippen molar-refractivity contribution in [2.45, 2.75) is 44.4 Å². The van der Waals surface area contributed by atoms with Crippen molar-refractivity contribution in [3.63, 3.8) is 0 Å². The summed E-state index contributed by atoms with van der Waals surface area (Å²) in [6.07, 6.45) is 0.551. The van der Waals surface area contributed by atoms with Crippen LogP contribution in [0.5, 0.6) is 0 Å². The third-order valence-corrected chi connectivity index (χ3v) is 3.22. The van der Waals surface area contributed by atoms with Crippen molar-refractivity contribution >= 4 is 5.97 Å². The molecule has 2 unspecified atom stereocenters. The number of carboxylic acids is 1. The molecule has 5 heteroatoms. The molecule has 0 amide bonds. The van der Waals surface area contributed by atoms with E-state index in [1.807, 2.05) is 18.7 Å². The smallest absolute Gasteiger partial charge is 0.321 e. The van der Waals surface area contributed by atoms with Gasteiger partial charge < -0.3 is 14.9 Å². The quantitative estimate of drug-likeness (QED) is 0.713. The number of carboxylic acid groups (broad SMARTS) is 1. The Balaban J connectivity index is 2.50. The van der Waals surface area contributed by atoms with Crippen molar-refractivity contribution in [3.05, 3.63) is 0 Å². The molecular weight excluding hydrogens is 210 g/mol. The molecule has 2 atom stereocenters. The molecule has 1 fully saturated rings. The van der Waals surface area contributed by atoms with Gasteiger partial charge in [-0.1, -0.05) is 0 Å². The van der Waals surface area contributed by atoms with Crippen LogP contribution in [0.3, 0.4) is 0 Å². The molecule has 1 aliphatic rings. The number of nitrogens with zero attached hydrogens (tertiary/aromatic N) is 1. The van der Waals surface area contributed by atoms with Crippen LogP contribution in [0.25, 0.3) is 0 Å². The summed E-state index contributed by atoms with van der Waals surface area (Å²) < 4.78 is 5.28. The first kappa shape index (κ1) is 13.4. The fraction of sp³-hybridized carbons (Fsp3) is 0.909. The Labute approximate surface area is 96.0 Å². The standard InChI is InChI=1S/C11H21NO4/c1-11(2,16-3)4-5-12-7-8(13)6-9(12)10(14)15/h8-9,13H,4-7H2,1-3H3,(H,14,15). The highest BCUT2D eigenvalue weighted by atomic mass is 16.5. The number of ether oxygens (including phenoxy) is 1. The lowest BCUT2D eigenvalue weighted by atomic mass is 10.0. The predicted molar refractivity (Wildman–Crippen MR) is 59.3 cm³/mol. The van der Waals surface area contributed by atoms with Gasteiger partial charge in [-0.05, 0) is 20.3 Å². The van der Waals surface area contributed by atoms with Crippen LogP contribution in [-0.4, -0.2) is 59.0 Å². The van der Waals surface area contributed by atoms with Gasteiger partial charge in [0.15, 0.2) is 0 Å². The van der Waals surface area contributed by atoms with Gasteiger partial charge in [-0.15, -0.1) is 0 Å². The maximum atomic E-state index is 11.0. The normalized spacial score (nSPS) is 27.2. The van der Waals surface area contributed by atoms with E-state index in [4.69, 9.17) is 9.84 Å². The monoisotopic (exact) mass is 231 g/mol. The minimum atomic E-state index is -0.855. The van der Waals surface area contributed by atoms with Crippen molar-refractivity contribution in [1.82, 2.24) is 4.90 Å². The number of aliphatic carboxylic acids is 1. The molecule has 1 rings (SSSR count). The summed E-state index contributed by atoms with van der Waals surface area (Å²) in [5, 5.41) is 18.5. The van der Waals surface area contributed by atoms with Crippen LogP contribution in [-0.2, 0) is 9.53 Å². The van der Waals surface area contributed by atoms with Gasteiger partial charge in [-0.25, -0.2) is 0 Å². The predicted octanol–water partition coefficient (Wildman–Crippen LogP) is 0.321. The van der Waals surface area contributed by atoms with E-state index >= 15 is 0 Å². The van der Waals surface area contributed by atoms with Gasteiger partial charge in [0.05, 0.1) is 11.7 Å². The second-order valence-electron chi connectivity index (χ2n) is 4.95. The van der Waals surface area contributed by atoms with Gasteiger partial charge in [0.25, 0.3) is 0 Å². The summed E-state index contributed by atoms with van der Waals surface area (Å²) in [5.74, 6) is -0.855. The Morgan fingerprint density at radius 3 is 2.69 bits per heavy atom. The van der Waals surface area contributed by atoms with Gasteiger partial charge in [0.1, 0.15) is 6.04 Å². The van der Waals surface area contributed by atoms with Gasteiger partial charge in [0, 0.05) is 26.6 Å². The van der Waals surface area contributed by atoms with E-state index in [-0.39, 0.29) is 5.60 Å². The van der Waals surface area contributed by atoms with Gasteiger partial charge in [-0.3, -0.25) is 9.69 Å². The van der Waals surface area contributed by atoms with Crippen LogP contribution in [0.1, 0.15) is 26.7 Å².